The van der Waals surface area contributed by atoms with E-state index < -0.39 is 0 Å². The number of hydrogen-bond acceptors (Lipinski definition) is 3. The molecule has 0 fully saturated rings. The molecule has 2 aromatic rings. The lowest BCUT2D eigenvalue weighted by atomic mass is 10.6. The zero-order valence-corrected chi connectivity index (χ0v) is 10.2. The number of rotatable bonds is 1. The smallest absolute Gasteiger partial charge is 0.155 e. The number of hydrogen-bond donors (Lipinski definition) is 1. The van der Waals surface area contributed by atoms with Crippen LogP contribution in [-0.4, -0.2) is 21.6 Å². The fourth-order valence-corrected chi connectivity index (χ4v) is 1.000. The zero-order chi connectivity index (χ0) is 11.7. The van der Waals surface area contributed by atoms with Crippen molar-refractivity contribution in [2.24, 2.45) is 0 Å². The first kappa shape index (κ1) is 13.4. The topological polar surface area (TPSA) is 42.2 Å². The Labute approximate surface area is 91.3 Å². The summed E-state index contributed by atoms with van der Waals surface area (Å²) in [6.07, 6.45) is 3.48. The first-order valence-corrected chi connectivity index (χ1v) is 5.38. The Bertz CT molecular complexity index is 367. The van der Waals surface area contributed by atoms with E-state index in [4.69, 9.17) is 0 Å². The largest absolute Gasteiger partial charge is 0.372 e. The van der Waals surface area contributed by atoms with E-state index in [-0.39, 0.29) is 0 Å². The summed E-state index contributed by atoms with van der Waals surface area (Å²) in [6.45, 7) is 8.00. The summed E-state index contributed by atoms with van der Waals surface area (Å²) >= 11 is 0. The summed E-state index contributed by atoms with van der Waals surface area (Å²) < 4.78 is 1.75. The number of nitrogens with zero attached hydrogens (tertiary/aromatic N) is 3. The monoisotopic (exact) mass is 208 g/mol. The minimum atomic E-state index is 0.858. The molecule has 2 heterocycles. The molecule has 0 aliphatic carbocycles. The van der Waals surface area contributed by atoms with Crippen LogP contribution in [0.25, 0.3) is 5.65 Å². The molecule has 4 nitrogen and oxygen atoms in total. The van der Waals surface area contributed by atoms with Gasteiger partial charge in [-0.1, -0.05) is 27.7 Å². The second-order valence-electron chi connectivity index (χ2n) is 2.19. The van der Waals surface area contributed by atoms with E-state index in [0.29, 0.717) is 0 Å². The van der Waals surface area contributed by atoms with Gasteiger partial charge in [-0.2, -0.15) is 9.61 Å². The van der Waals surface area contributed by atoms with Crippen LogP contribution in [0.5, 0.6) is 0 Å². The predicted molar refractivity (Wildman–Crippen MR) is 65.2 cm³/mol. The maximum absolute atomic E-state index is 4.13. The molecule has 0 amide bonds. The number of aromatic nitrogens is 3. The van der Waals surface area contributed by atoms with Crippen molar-refractivity contribution >= 4 is 11.5 Å². The highest BCUT2D eigenvalue weighted by atomic mass is 15.3. The quantitative estimate of drug-likeness (QED) is 0.783. The van der Waals surface area contributed by atoms with Crippen LogP contribution in [0.3, 0.4) is 0 Å². The minimum absolute atomic E-state index is 0.858. The third kappa shape index (κ3) is 3.23. The first-order chi connectivity index (χ1) is 7.42. The van der Waals surface area contributed by atoms with Crippen molar-refractivity contribution in [3.05, 3.63) is 24.5 Å². The second-order valence-corrected chi connectivity index (χ2v) is 2.19. The highest BCUT2D eigenvalue weighted by Crippen LogP contribution is 2.06. The molecule has 0 bridgehead atoms. The van der Waals surface area contributed by atoms with Gasteiger partial charge < -0.3 is 5.32 Å². The Hall–Kier alpha value is -1.58. The Morgan fingerprint density at radius 2 is 1.87 bits per heavy atom. The molecule has 15 heavy (non-hydrogen) atoms. The molecule has 4 heteroatoms. The van der Waals surface area contributed by atoms with Crippen molar-refractivity contribution in [1.82, 2.24) is 14.6 Å². The molecule has 0 aromatic carbocycles. The van der Waals surface area contributed by atoms with Crippen molar-refractivity contribution in [3.8, 4) is 0 Å². The Morgan fingerprint density at radius 1 is 1.20 bits per heavy atom. The Morgan fingerprint density at radius 3 is 2.47 bits per heavy atom. The van der Waals surface area contributed by atoms with Gasteiger partial charge in [0.1, 0.15) is 5.82 Å². The van der Waals surface area contributed by atoms with E-state index in [1.807, 2.05) is 46.9 Å². The van der Waals surface area contributed by atoms with Gasteiger partial charge in [0.05, 0.1) is 6.20 Å². The van der Waals surface area contributed by atoms with Gasteiger partial charge in [-0.3, -0.25) is 0 Å². The highest BCUT2D eigenvalue weighted by Gasteiger charge is 1.98. The minimum Gasteiger partial charge on any atom is -0.372 e. The third-order valence-electron chi connectivity index (χ3n) is 1.53. The molecular weight excluding hydrogens is 188 g/mol. The lowest BCUT2D eigenvalue weighted by Crippen LogP contribution is -1.96. The third-order valence-corrected chi connectivity index (χ3v) is 1.53. The Balaban J connectivity index is 0.000000442. The van der Waals surface area contributed by atoms with E-state index >= 15 is 0 Å². The van der Waals surface area contributed by atoms with Crippen LogP contribution in [-0.2, 0) is 0 Å². The summed E-state index contributed by atoms with van der Waals surface area (Å²) in [5.74, 6) is 0.903. The number of fused-ring (bicyclic) bond motifs is 1. The Kier molecular flexibility index (Phi) is 6.97. The molecule has 84 valence electrons. The van der Waals surface area contributed by atoms with Crippen LogP contribution in [0.2, 0.25) is 0 Å². The lowest BCUT2D eigenvalue weighted by molar-refractivity contribution is 0.939. The average Bonchev–Trinajstić information content (AvgIpc) is 2.77. The molecule has 0 radical (unpaired) electrons. The van der Waals surface area contributed by atoms with Crippen LogP contribution in [0, 0.1) is 0 Å². The first-order valence-electron chi connectivity index (χ1n) is 5.38. The molecule has 0 saturated heterocycles. The molecule has 0 aliphatic rings. The summed E-state index contributed by atoms with van der Waals surface area (Å²) in [5.41, 5.74) is 0.858. The van der Waals surface area contributed by atoms with E-state index in [1.165, 1.54) is 0 Å². The van der Waals surface area contributed by atoms with Crippen molar-refractivity contribution in [2.45, 2.75) is 27.7 Å². The van der Waals surface area contributed by atoms with Crippen LogP contribution < -0.4 is 5.32 Å². The van der Waals surface area contributed by atoms with Crippen LogP contribution in [0.1, 0.15) is 27.7 Å². The number of anilines is 1. The highest BCUT2D eigenvalue weighted by molar-refractivity contribution is 5.47. The molecule has 0 aliphatic heterocycles. The van der Waals surface area contributed by atoms with E-state index in [2.05, 4.69) is 15.4 Å². The van der Waals surface area contributed by atoms with Gasteiger partial charge in [0, 0.05) is 13.2 Å². The van der Waals surface area contributed by atoms with Gasteiger partial charge in [-0.25, -0.2) is 4.98 Å². The summed E-state index contributed by atoms with van der Waals surface area (Å²) in [6, 6.07) is 3.77. The van der Waals surface area contributed by atoms with Gasteiger partial charge in [0.15, 0.2) is 5.65 Å². The second kappa shape index (κ2) is 7.79. The van der Waals surface area contributed by atoms with Crippen molar-refractivity contribution in [2.75, 3.05) is 12.4 Å². The number of imidazole rings is 1. The lowest BCUT2D eigenvalue weighted by Gasteiger charge is -1.95. The van der Waals surface area contributed by atoms with Crippen molar-refractivity contribution in [1.29, 1.82) is 0 Å². The molecular formula is C11H20N4. The maximum Gasteiger partial charge on any atom is 0.155 e. The maximum atomic E-state index is 4.13. The van der Waals surface area contributed by atoms with Crippen LogP contribution in [0.4, 0.5) is 5.82 Å². The molecule has 0 atom stereocenters. The fraction of sp³-hybridized carbons (Fsp3) is 0.455. The normalized spacial score (nSPS) is 8.33. The molecule has 2 aromatic heterocycles. The van der Waals surface area contributed by atoms with Crippen LogP contribution >= 0.6 is 0 Å². The van der Waals surface area contributed by atoms with Crippen molar-refractivity contribution in [3.63, 3.8) is 0 Å². The van der Waals surface area contributed by atoms with Gasteiger partial charge in [-0.05, 0) is 12.1 Å². The molecule has 2 rings (SSSR count). The van der Waals surface area contributed by atoms with E-state index in [0.717, 1.165) is 11.5 Å². The predicted octanol–water partition coefficient (Wildman–Crippen LogP) is 2.82. The van der Waals surface area contributed by atoms with Crippen molar-refractivity contribution < 1.29 is 0 Å². The van der Waals surface area contributed by atoms with Gasteiger partial charge in [-0.15, -0.1) is 0 Å². The standard InChI is InChI=1S/C7H8N4.2C2H6/c1-8-7-5-9-6-3-2-4-10-11(6)7;2*1-2/h2-5,8H,1H3;2*1-2H3. The average molecular weight is 208 g/mol. The van der Waals surface area contributed by atoms with Gasteiger partial charge >= 0.3 is 0 Å². The fourth-order valence-electron chi connectivity index (χ4n) is 1.000. The van der Waals surface area contributed by atoms with Gasteiger partial charge in [0.25, 0.3) is 0 Å². The van der Waals surface area contributed by atoms with Gasteiger partial charge in [0.2, 0.25) is 0 Å². The zero-order valence-electron chi connectivity index (χ0n) is 10.2. The molecule has 0 saturated carbocycles. The molecule has 0 spiro atoms. The van der Waals surface area contributed by atoms with E-state index in [9.17, 15) is 0 Å². The number of nitrogens with one attached hydrogen (secondary N) is 1. The van der Waals surface area contributed by atoms with E-state index in [1.54, 1.807) is 16.9 Å². The van der Waals surface area contributed by atoms with Crippen LogP contribution in [0.15, 0.2) is 24.5 Å². The summed E-state index contributed by atoms with van der Waals surface area (Å²) in [4.78, 5) is 4.13. The summed E-state index contributed by atoms with van der Waals surface area (Å²) in [5, 5.41) is 7.09. The summed E-state index contributed by atoms with van der Waals surface area (Å²) in [7, 11) is 1.85. The SMILES string of the molecule is CC.CC.CNc1cnc2cccnn12. The molecule has 1 N–H and O–H groups in total. The molecule has 0 unspecified atom stereocenters.